The third kappa shape index (κ3) is 3.29. The fraction of sp³-hybridized carbons (Fsp3) is 0.227. The zero-order valence-electron chi connectivity index (χ0n) is 16.3. The number of carbonyl (C=O) groups is 1. The summed E-state index contributed by atoms with van der Waals surface area (Å²) in [5, 5.41) is 4.74. The highest BCUT2D eigenvalue weighted by Gasteiger charge is 2.31. The van der Waals surface area contributed by atoms with Gasteiger partial charge in [-0.15, -0.1) is 0 Å². The molecule has 4 rings (SSSR count). The average molecular weight is 392 g/mol. The number of benzene rings is 1. The first-order valence-corrected chi connectivity index (χ1v) is 9.30. The summed E-state index contributed by atoms with van der Waals surface area (Å²) in [6.45, 7) is 6.46. The van der Waals surface area contributed by atoms with Gasteiger partial charge in [0.05, 0.1) is 25.9 Å². The van der Waals surface area contributed by atoms with Gasteiger partial charge in [0, 0.05) is 35.6 Å². The van der Waals surface area contributed by atoms with Crippen LogP contribution in [-0.2, 0) is 17.9 Å². The van der Waals surface area contributed by atoms with Crippen LogP contribution in [-0.4, -0.2) is 38.7 Å². The number of hydrogen-bond acceptors (Lipinski definition) is 4. The third-order valence-corrected chi connectivity index (χ3v) is 5.21. The van der Waals surface area contributed by atoms with E-state index in [1.165, 1.54) is 19.3 Å². The van der Waals surface area contributed by atoms with Crippen LogP contribution in [0.4, 0.5) is 4.39 Å². The Morgan fingerprint density at radius 3 is 2.72 bits per heavy atom. The van der Waals surface area contributed by atoms with Crippen LogP contribution in [0.3, 0.4) is 0 Å². The molecule has 0 radical (unpaired) electrons. The Morgan fingerprint density at radius 2 is 2.07 bits per heavy atom. The summed E-state index contributed by atoms with van der Waals surface area (Å²) in [5.41, 5.74) is 3.44. The lowest BCUT2D eigenvalue weighted by Gasteiger charge is -2.33. The van der Waals surface area contributed by atoms with E-state index in [0.29, 0.717) is 30.1 Å². The van der Waals surface area contributed by atoms with Crippen LogP contribution in [0.25, 0.3) is 22.4 Å². The highest BCUT2D eigenvalue weighted by molar-refractivity contribution is 5.88. The van der Waals surface area contributed by atoms with Crippen LogP contribution in [0.15, 0.2) is 55.4 Å². The molecule has 3 aromatic rings. The van der Waals surface area contributed by atoms with Gasteiger partial charge in [0.2, 0.25) is 5.91 Å². The summed E-state index contributed by atoms with van der Waals surface area (Å²) in [6.07, 6.45) is 4.69. The van der Waals surface area contributed by atoms with E-state index in [4.69, 9.17) is 9.84 Å². The number of methoxy groups -OCH3 is 1. The maximum Gasteiger partial charge on any atom is 0.246 e. The Bertz CT molecular complexity index is 1080. The van der Waals surface area contributed by atoms with Crippen molar-refractivity contribution in [2.75, 3.05) is 7.11 Å². The normalized spacial score (nSPS) is 15.7. The molecule has 0 aliphatic carbocycles. The van der Waals surface area contributed by atoms with Crippen LogP contribution in [0.1, 0.15) is 12.6 Å². The van der Waals surface area contributed by atoms with Crippen molar-refractivity contribution >= 4 is 5.91 Å². The van der Waals surface area contributed by atoms with Gasteiger partial charge in [0.1, 0.15) is 17.3 Å². The van der Waals surface area contributed by atoms with Gasteiger partial charge in [-0.25, -0.2) is 4.39 Å². The third-order valence-electron chi connectivity index (χ3n) is 5.21. The molecule has 6 nitrogen and oxygen atoms in total. The van der Waals surface area contributed by atoms with Crippen LogP contribution in [0.5, 0.6) is 5.75 Å². The molecule has 7 heteroatoms. The smallest absolute Gasteiger partial charge is 0.246 e. The first kappa shape index (κ1) is 18.9. The molecule has 148 valence electrons. The van der Waals surface area contributed by atoms with E-state index < -0.39 is 5.82 Å². The number of rotatable bonds is 4. The quantitative estimate of drug-likeness (QED) is 0.636. The maximum atomic E-state index is 14.9. The van der Waals surface area contributed by atoms with Crippen molar-refractivity contribution in [2.45, 2.75) is 26.1 Å². The fourth-order valence-electron chi connectivity index (χ4n) is 3.71. The summed E-state index contributed by atoms with van der Waals surface area (Å²) >= 11 is 0. The number of nitrogens with zero attached hydrogens (tertiary/aromatic N) is 4. The molecule has 0 N–H and O–H groups in total. The molecule has 1 unspecified atom stereocenters. The van der Waals surface area contributed by atoms with Gasteiger partial charge in [0.15, 0.2) is 0 Å². The van der Waals surface area contributed by atoms with Gasteiger partial charge in [0.25, 0.3) is 0 Å². The Balaban J connectivity index is 1.92. The molecule has 29 heavy (non-hydrogen) atoms. The van der Waals surface area contributed by atoms with Crippen LogP contribution in [0, 0.1) is 5.82 Å². The Morgan fingerprint density at radius 1 is 1.31 bits per heavy atom. The molecule has 1 aliphatic rings. The number of amides is 1. The predicted molar refractivity (Wildman–Crippen MR) is 108 cm³/mol. The van der Waals surface area contributed by atoms with Gasteiger partial charge in [-0.2, -0.15) is 5.10 Å². The summed E-state index contributed by atoms with van der Waals surface area (Å²) in [4.78, 5) is 18.2. The minimum absolute atomic E-state index is 0.0493. The molecule has 1 amide bonds. The Hall–Kier alpha value is -3.48. The number of ether oxygens (including phenoxy) is 1. The standard InChI is InChI=1S/C22H21FN4O2/c1-4-20(28)26-13-19-21(15-7-9-24-10-8-15)22(25-27(19)12-14(26)2)17-6-5-16(29-3)11-18(17)23/h4-11,14H,1,12-13H2,2-3H3. The van der Waals surface area contributed by atoms with E-state index in [9.17, 15) is 9.18 Å². The highest BCUT2D eigenvalue weighted by atomic mass is 19.1. The minimum Gasteiger partial charge on any atom is -0.497 e. The van der Waals surface area contributed by atoms with Crippen molar-refractivity contribution in [2.24, 2.45) is 0 Å². The van der Waals surface area contributed by atoms with E-state index in [1.54, 1.807) is 29.4 Å². The lowest BCUT2D eigenvalue weighted by Crippen LogP contribution is -2.44. The van der Waals surface area contributed by atoms with Gasteiger partial charge < -0.3 is 9.64 Å². The van der Waals surface area contributed by atoms with Gasteiger partial charge in [-0.1, -0.05) is 6.58 Å². The van der Waals surface area contributed by atoms with Crippen LogP contribution in [0.2, 0.25) is 0 Å². The molecule has 0 bridgehead atoms. The largest absolute Gasteiger partial charge is 0.497 e. The summed E-state index contributed by atoms with van der Waals surface area (Å²) in [7, 11) is 1.50. The number of halogens is 1. The monoisotopic (exact) mass is 392 g/mol. The molecule has 0 fully saturated rings. The van der Waals surface area contributed by atoms with Crippen molar-refractivity contribution in [3.63, 3.8) is 0 Å². The molecule has 0 saturated heterocycles. The number of hydrogen-bond donors (Lipinski definition) is 0. The summed E-state index contributed by atoms with van der Waals surface area (Å²) in [5.74, 6) is -0.109. The van der Waals surface area contributed by atoms with Crippen molar-refractivity contribution < 1.29 is 13.9 Å². The second-order valence-electron chi connectivity index (χ2n) is 6.95. The van der Waals surface area contributed by atoms with E-state index in [-0.39, 0.29) is 11.9 Å². The number of fused-ring (bicyclic) bond motifs is 1. The van der Waals surface area contributed by atoms with E-state index in [2.05, 4.69) is 11.6 Å². The predicted octanol–water partition coefficient (Wildman–Crippen LogP) is 3.68. The molecular formula is C22H21FN4O2. The number of aromatic nitrogens is 3. The van der Waals surface area contributed by atoms with Crippen molar-refractivity contribution in [1.29, 1.82) is 0 Å². The van der Waals surface area contributed by atoms with E-state index in [1.807, 2.05) is 23.7 Å². The molecule has 0 saturated carbocycles. The molecule has 2 aromatic heterocycles. The molecule has 0 spiro atoms. The van der Waals surface area contributed by atoms with E-state index >= 15 is 0 Å². The molecule has 1 atom stereocenters. The number of carbonyl (C=O) groups excluding carboxylic acids is 1. The SMILES string of the molecule is C=CC(=O)N1Cc2c(-c3ccncc3)c(-c3ccc(OC)cc3F)nn2CC1C. The molecule has 1 aromatic carbocycles. The second-order valence-corrected chi connectivity index (χ2v) is 6.95. The fourth-order valence-corrected chi connectivity index (χ4v) is 3.71. The minimum atomic E-state index is -0.415. The maximum absolute atomic E-state index is 14.9. The van der Waals surface area contributed by atoms with Crippen LogP contribution < -0.4 is 4.74 Å². The Kier molecular flexibility index (Phi) is 4.88. The van der Waals surface area contributed by atoms with Gasteiger partial charge >= 0.3 is 0 Å². The highest BCUT2D eigenvalue weighted by Crippen LogP contribution is 2.38. The molecule has 1 aliphatic heterocycles. The van der Waals surface area contributed by atoms with Crippen LogP contribution >= 0.6 is 0 Å². The summed E-state index contributed by atoms with van der Waals surface area (Å²) in [6, 6.07) is 8.40. The van der Waals surface area contributed by atoms with Crippen molar-refractivity contribution in [3.8, 4) is 28.1 Å². The Labute approximate surface area is 168 Å². The molecular weight excluding hydrogens is 371 g/mol. The lowest BCUT2D eigenvalue weighted by atomic mass is 9.98. The molecule has 3 heterocycles. The first-order chi connectivity index (χ1) is 14.0. The zero-order valence-corrected chi connectivity index (χ0v) is 16.3. The zero-order chi connectivity index (χ0) is 20.5. The topological polar surface area (TPSA) is 60.3 Å². The second kappa shape index (κ2) is 7.50. The first-order valence-electron chi connectivity index (χ1n) is 9.30. The van der Waals surface area contributed by atoms with Gasteiger partial charge in [-0.05, 0) is 42.8 Å². The van der Waals surface area contributed by atoms with E-state index in [0.717, 1.165) is 16.8 Å². The average Bonchev–Trinajstić information content (AvgIpc) is 3.10. The lowest BCUT2D eigenvalue weighted by molar-refractivity contribution is -0.129. The number of pyridine rings is 1. The van der Waals surface area contributed by atoms with Crippen molar-refractivity contribution in [1.82, 2.24) is 19.7 Å². The van der Waals surface area contributed by atoms with Gasteiger partial charge in [-0.3, -0.25) is 14.5 Å². The summed E-state index contributed by atoms with van der Waals surface area (Å²) < 4.78 is 21.9. The van der Waals surface area contributed by atoms with Crippen molar-refractivity contribution in [3.05, 3.63) is 66.9 Å².